The third kappa shape index (κ3) is 4.50. The minimum atomic E-state index is -0.446. The highest BCUT2D eigenvalue weighted by Gasteiger charge is 2.35. The van der Waals surface area contributed by atoms with E-state index in [0.29, 0.717) is 42.7 Å². The number of hydrogen-bond donors (Lipinski definition) is 0. The van der Waals surface area contributed by atoms with Gasteiger partial charge in [0.15, 0.2) is 10.8 Å². The number of halogens is 2. The van der Waals surface area contributed by atoms with Crippen LogP contribution in [-0.4, -0.2) is 53.3 Å². The molecule has 0 unspecified atom stereocenters. The average molecular weight is 484 g/mol. The molecule has 1 atom stereocenters. The highest BCUT2D eigenvalue weighted by atomic mass is 35.5. The molecular weight excluding hydrogens is 461 g/mol. The van der Waals surface area contributed by atoms with Crippen LogP contribution in [0.25, 0.3) is 11.0 Å². The van der Waals surface area contributed by atoms with Gasteiger partial charge in [-0.3, -0.25) is 14.8 Å². The van der Waals surface area contributed by atoms with Crippen LogP contribution >= 0.6 is 23.2 Å². The smallest absolute Gasteiger partial charge is 0.352 e. The molecule has 3 aromatic rings. The SMILES string of the molecule is Cc1c([N+](=O)[O-])c(OCCCn2nc(Cl)c3cnc(Cl)nc32)nn1[C@@H]1CCOC(C)(C)C1. The number of ether oxygens (including phenoxy) is 2. The quantitative estimate of drug-likeness (QED) is 0.212. The Hall–Kier alpha value is -2.50. The van der Waals surface area contributed by atoms with Gasteiger partial charge >= 0.3 is 11.6 Å². The van der Waals surface area contributed by atoms with Crippen molar-refractivity contribution < 1.29 is 14.4 Å². The summed E-state index contributed by atoms with van der Waals surface area (Å²) in [5.41, 5.74) is 0.575. The number of fused-ring (bicyclic) bond motifs is 1. The lowest BCUT2D eigenvalue weighted by Crippen LogP contribution is -2.35. The minimum absolute atomic E-state index is 0.0109. The number of nitrogens with zero attached hydrogens (tertiary/aromatic N) is 7. The Balaban J connectivity index is 1.47. The maximum atomic E-state index is 11.7. The van der Waals surface area contributed by atoms with Crippen molar-refractivity contribution in [2.75, 3.05) is 13.2 Å². The molecule has 0 saturated carbocycles. The summed E-state index contributed by atoms with van der Waals surface area (Å²) >= 11 is 12.0. The van der Waals surface area contributed by atoms with Gasteiger partial charge in [0.1, 0.15) is 5.69 Å². The zero-order valence-electron chi connectivity index (χ0n) is 17.9. The van der Waals surface area contributed by atoms with Gasteiger partial charge < -0.3 is 9.47 Å². The van der Waals surface area contributed by atoms with E-state index < -0.39 is 4.92 Å². The zero-order valence-corrected chi connectivity index (χ0v) is 19.4. The van der Waals surface area contributed by atoms with Gasteiger partial charge in [0.25, 0.3) is 0 Å². The first kappa shape index (κ1) is 22.7. The average Bonchev–Trinajstić information content (AvgIpc) is 3.21. The molecule has 4 heterocycles. The summed E-state index contributed by atoms with van der Waals surface area (Å²) in [5.74, 6) is 0.0190. The first-order valence-electron chi connectivity index (χ1n) is 10.2. The van der Waals surface area contributed by atoms with Crippen LogP contribution in [0.3, 0.4) is 0 Å². The molecule has 11 nitrogen and oxygen atoms in total. The topological polar surface area (TPSA) is 123 Å². The number of aromatic nitrogens is 6. The highest BCUT2D eigenvalue weighted by Crippen LogP contribution is 2.37. The maximum Gasteiger partial charge on any atom is 0.352 e. The number of hydrogen-bond acceptors (Lipinski definition) is 8. The van der Waals surface area contributed by atoms with Crippen LogP contribution in [0.15, 0.2) is 6.20 Å². The van der Waals surface area contributed by atoms with Gasteiger partial charge in [-0.2, -0.15) is 10.1 Å². The van der Waals surface area contributed by atoms with E-state index in [0.717, 1.165) is 6.42 Å². The van der Waals surface area contributed by atoms with E-state index >= 15 is 0 Å². The summed E-state index contributed by atoms with van der Waals surface area (Å²) in [4.78, 5) is 19.3. The molecule has 0 bridgehead atoms. The van der Waals surface area contributed by atoms with Crippen LogP contribution in [-0.2, 0) is 11.3 Å². The predicted octanol–water partition coefficient (Wildman–Crippen LogP) is 4.15. The van der Waals surface area contributed by atoms with Crippen molar-refractivity contribution >= 4 is 39.9 Å². The van der Waals surface area contributed by atoms with Crippen molar-refractivity contribution in [1.29, 1.82) is 0 Å². The molecule has 172 valence electrons. The Morgan fingerprint density at radius 3 is 2.88 bits per heavy atom. The van der Waals surface area contributed by atoms with E-state index in [4.69, 9.17) is 32.7 Å². The molecule has 0 radical (unpaired) electrons. The fraction of sp³-hybridized carbons (Fsp3) is 0.579. The van der Waals surface area contributed by atoms with Gasteiger partial charge in [0, 0.05) is 25.8 Å². The summed E-state index contributed by atoms with van der Waals surface area (Å²) in [6.07, 6.45) is 3.47. The monoisotopic (exact) mass is 483 g/mol. The molecule has 1 saturated heterocycles. The molecule has 1 aliphatic heterocycles. The number of nitro groups is 1. The molecule has 0 amide bonds. The van der Waals surface area contributed by atoms with Crippen molar-refractivity contribution in [3.63, 3.8) is 0 Å². The number of aryl methyl sites for hydroxylation is 1. The zero-order chi connectivity index (χ0) is 23.0. The summed E-state index contributed by atoms with van der Waals surface area (Å²) in [5, 5.41) is 21.4. The van der Waals surface area contributed by atoms with E-state index in [1.165, 1.54) is 6.20 Å². The summed E-state index contributed by atoms with van der Waals surface area (Å²) in [6, 6.07) is 0.0109. The normalized spacial score (nSPS) is 18.2. The second-order valence-corrected chi connectivity index (χ2v) is 8.98. The molecule has 0 N–H and O–H groups in total. The Bertz CT molecular complexity index is 1160. The Morgan fingerprint density at radius 2 is 2.16 bits per heavy atom. The Morgan fingerprint density at radius 1 is 1.38 bits per heavy atom. The second-order valence-electron chi connectivity index (χ2n) is 8.29. The largest absolute Gasteiger partial charge is 0.472 e. The lowest BCUT2D eigenvalue weighted by molar-refractivity contribution is -0.386. The molecular formula is C19H23Cl2N7O4. The van der Waals surface area contributed by atoms with Crippen LogP contribution in [0.5, 0.6) is 5.88 Å². The summed E-state index contributed by atoms with van der Waals surface area (Å²) < 4.78 is 14.8. The first-order chi connectivity index (χ1) is 15.2. The molecule has 1 fully saturated rings. The van der Waals surface area contributed by atoms with E-state index in [2.05, 4.69) is 20.2 Å². The molecule has 4 rings (SSSR count). The highest BCUT2D eigenvalue weighted by molar-refractivity contribution is 6.34. The molecule has 1 aliphatic rings. The van der Waals surface area contributed by atoms with Gasteiger partial charge in [0.05, 0.1) is 28.6 Å². The minimum Gasteiger partial charge on any atom is -0.472 e. The summed E-state index contributed by atoms with van der Waals surface area (Å²) in [7, 11) is 0. The lowest BCUT2D eigenvalue weighted by Gasteiger charge is -2.35. The molecule has 0 spiro atoms. The maximum absolute atomic E-state index is 11.7. The molecule has 32 heavy (non-hydrogen) atoms. The van der Waals surface area contributed by atoms with Crippen molar-refractivity contribution in [3.8, 4) is 5.88 Å². The van der Waals surface area contributed by atoms with Gasteiger partial charge in [-0.1, -0.05) is 11.6 Å². The molecule has 3 aromatic heterocycles. The molecule has 0 aromatic carbocycles. The van der Waals surface area contributed by atoms with E-state index in [1.54, 1.807) is 16.3 Å². The second kappa shape index (κ2) is 8.80. The summed E-state index contributed by atoms with van der Waals surface area (Å²) in [6.45, 7) is 6.92. The van der Waals surface area contributed by atoms with Crippen LogP contribution in [0.1, 0.15) is 44.8 Å². The van der Waals surface area contributed by atoms with Crippen LogP contribution < -0.4 is 4.74 Å². The Labute approximate surface area is 193 Å². The fourth-order valence-corrected chi connectivity index (χ4v) is 4.35. The molecule has 0 aliphatic carbocycles. The number of rotatable bonds is 7. The third-order valence-corrected chi connectivity index (χ3v) is 5.92. The van der Waals surface area contributed by atoms with Crippen molar-refractivity contribution in [1.82, 2.24) is 29.5 Å². The lowest BCUT2D eigenvalue weighted by atomic mass is 9.94. The van der Waals surface area contributed by atoms with E-state index in [1.807, 2.05) is 13.8 Å². The van der Waals surface area contributed by atoms with Gasteiger partial charge in [-0.15, -0.1) is 5.10 Å². The Kier molecular flexibility index (Phi) is 6.24. The predicted molar refractivity (Wildman–Crippen MR) is 117 cm³/mol. The van der Waals surface area contributed by atoms with Crippen molar-refractivity contribution in [3.05, 3.63) is 32.4 Å². The third-order valence-electron chi connectivity index (χ3n) is 5.45. The fourth-order valence-electron chi connectivity index (χ4n) is 4.00. The van der Waals surface area contributed by atoms with Crippen LogP contribution in [0.2, 0.25) is 10.4 Å². The van der Waals surface area contributed by atoms with Crippen LogP contribution in [0, 0.1) is 17.0 Å². The standard InChI is InChI=1S/C19H23Cl2N7O4/c1-11-14(28(29)30)17(25-27(11)12-5-8-32-19(2,3)9-12)31-7-4-6-26-16-13(15(20)24-26)10-22-18(21)23-16/h10,12H,4-9H2,1-3H3/t12-/m1/s1. The van der Waals surface area contributed by atoms with Gasteiger partial charge in [-0.05, 0) is 45.2 Å². The van der Waals surface area contributed by atoms with E-state index in [-0.39, 0.29) is 40.3 Å². The van der Waals surface area contributed by atoms with Gasteiger partial charge in [-0.25, -0.2) is 9.67 Å². The first-order valence-corrected chi connectivity index (χ1v) is 11.0. The van der Waals surface area contributed by atoms with E-state index in [9.17, 15) is 10.1 Å². The van der Waals surface area contributed by atoms with Crippen molar-refractivity contribution in [2.24, 2.45) is 0 Å². The molecule has 13 heteroatoms. The van der Waals surface area contributed by atoms with Gasteiger partial charge in [0.2, 0.25) is 5.28 Å². The van der Waals surface area contributed by atoms with Crippen molar-refractivity contribution in [2.45, 2.75) is 58.2 Å². The van der Waals surface area contributed by atoms with Crippen LogP contribution in [0.4, 0.5) is 5.69 Å².